The van der Waals surface area contributed by atoms with Gasteiger partial charge in [-0.2, -0.15) is 16.9 Å². The zero-order valence-electron chi connectivity index (χ0n) is 10.8. The number of carbonyl (C=O) groups is 1. The number of thioether (sulfide) groups is 1. The Kier molecular flexibility index (Phi) is 4.16. The summed E-state index contributed by atoms with van der Waals surface area (Å²) in [5.41, 5.74) is 6.64. The lowest BCUT2D eigenvalue weighted by Crippen LogP contribution is -2.34. The molecule has 3 N–H and O–H groups in total. The Morgan fingerprint density at radius 3 is 3.06 bits per heavy atom. The van der Waals surface area contributed by atoms with Crippen molar-refractivity contribution in [2.24, 2.45) is 7.05 Å². The average Bonchev–Trinajstić information content (AvgIpc) is 2.87. The third-order valence-electron chi connectivity index (χ3n) is 3.30. The van der Waals surface area contributed by atoms with E-state index >= 15 is 0 Å². The second kappa shape index (κ2) is 5.65. The van der Waals surface area contributed by atoms with Gasteiger partial charge in [-0.3, -0.25) is 9.48 Å². The Labute approximate surface area is 111 Å². The van der Waals surface area contributed by atoms with Gasteiger partial charge in [0, 0.05) is 18.3 Å². The summed E-state index contributed by atoms with van der Waals surface area (Å²) >= 11 is 1.98. The quantitative estimate of drug-likeness (QED) is 0.866. The van der Waals surface area contributed by atoms with Crippen LogP contribution in [0.2, 0.25) is 0 Å². The van der Waals surface area contributed by atoms with Gasteiger partial charge in [-0.25, -0.2) is 0 Å². The molecule has 1 aliphatic carbocycles. The Balaban J connectivity index is 1.93. The maximum Gasteiger partial charge on any atom is 0.271 e. The van der Waals surface area contributed by atoms with Crippen LogP contribution in [0.4, 0.5) is 5.69 Å². The first-order valence-electron chi connectivity index (χ1n) is 6.31. The van der Waals surface area contributed by atoms with Crippen LogP contribution < -0.4 is 11.1 Å². The topological polar surface area (TPSA) is 72.9 Å². The SMILES string of the molecule is CCSC1CCC(NC(=O)c2c(N)cnn2C)C1. The third kappa shape index (κ3) is 2.80. The molecule has 2 rings (SSSR count). The zero-order chi connectivity index (χ0) is 13.1. The molecule has 1 fully saturated rings. The lowest BCUT2D eigenvalue weighted by atomic mass is 10.2. The van der Waals surface area contributed by atoms with E-state index in [1.54, 1.807) is 7.05 Å². The van der Waals surface area contributed by atoms with Crippen LogP contribution in [-0.4, -0.2) is 32.7 Å². The van der Waals surface area contributed by atoms with E-state index in [0.29, 0.717) is 16.6 Å². The Hall–Kier alpha value is -1.17. The first-order valence-corrected chi connectivity index (χ1v) is 7.36. The fourth-order valence-electron chi connectivity index (χ4n) is 2.44. The van der Waals surface area contributed by atoms with E-state index < -0.39 is 0 Å². The van der Waals surface area contributed by atoms with E-state index in [1.165, 1.54) is 17.3 Å². The van der Waals surface area contributed by atoms with Gasteiger partial charge < -0.3 is 11.1 Å². The van der Waals surface area contributed by atoms with Crippen LogP contribution in [-0.2, 0) is 7.05 Å². The summed E-state index contributed by atoms with van der Waals surface area (Å²) in [5.74, 6) is 1.03. The maximum atomic E-state index is 12.1. The van der Waals surface area contributed by atoms with E-state index in [9.17, 15) is 4.79 Å². The zero-order valence-corrected chi connectivity index (χ0v) is 11.7. The molecule has 0 radical (unpaired) electrons. The summed E-state index contributed by atoms with van der Waals surface area (Å²) < 4.78 is 1.53. The van der Waals surface area contributed by atoms with E-state index in [1.807, 2.05) is 11.8 Å². The molecule has 5 nitrogen and oxygen atoms in total. The number of rotatable bonds is 4. The van der Waals surface area contributed by atoms with E-state index in [-0.39, 0.29) is 11.9 Å². The highest BCUT2D eigenvalue weighted by molar-refractivity contribution is 7.99. The van der Waals surface area contributed by atoms with Crippen LogP contribution in [0, 0.1) is 0 Å². The van der Waals surface area contributed by atoms with Crippen molar-refractivity contribution < 1.29 is 4.79 Å². The number of nitrogen functional groups attached to an aromatic ring is 1. The fourth-order valence-corrected chi connectivity index (χ4v) is 3.59. The minimum absolute atomic E-state index is 0.111. The Bertz CT molecular complexity index is 412. The van der Waals surface area contributed by atoms with E-state index in [4.69, 9.17) is 5.73 Å². The lowest BCUT2D eigenvalue weighted by molar-refractivity contribution is 0.0929. The van der Waals surface area contributed by atoms with E-state index in [0.717, 1.165) is 18.6 Å². The Morgan fingerprint density at radius 2 is 2.44 bits per heavy atom. The molecule has 2 atom stereocenters. The van der Waals surface area contributed by atoms with Crippen LogP contribution in [0.5, 0.6) is 0 Å². The van der Waals surface area contributed by atoms with Gasteiger partial charge in [-0.05, 0) is 25.0 Å². The second-order valence-electron chi connectivity index (χ2n) is 4.63. The van der Waals surface area contributed by atoms with Crippen molar-refractivity contribution in [1.82, 2.24) is 15.1 Å². The number of hydrogen-bond acceptors (Lipinski definition) is 4. The highest BCUT2D eigenvalue weighted by Crippen LogP contribution is 2.29. The molecule has 18 heavy (non-hydrogen) atoms. The fraction of sp³-hybridized carbons (Fsp3) is 0.667. The van der Waals surface area contributed by atoms with Gasteiger partial charge in [-0.15, -0.1) is 0 Å². The van der Waals surface area contributed by atoms with Crippen LogP contribution in [0.3, 0.4) is 0 Å². The molecule has 6 heteroatoms. The summed E-state index contributed by atoms with van der Waals surface area (Å²) in [5, 5.41) is 7.73. The molecule has 2 unspecified atom stereocenters. The molecule has 0 spiro atoms. The predicted molar refractivity (Wildman–Crippen MR) is 74.6 cm³/mol. The predicted octanol–water partition coefficient (Wildman–Crippen LogP) is 1.41. The van der Waals surface area contributed by atoms with Gasteiger partial charge >= 0.3 is 0 Å². The van der Waals surface area contributed by atoms with Crippen molar-refractivity contribution in [2.45, 2.75) is 37.5 Å². The number of hydrogen-bond donors (Lipinski definition) is 2. The van der Waals surface area contributed by atoms with Crippen molar-refractivity contribution in [3.63, 3.8) is 0 Å². The first kappa shape index (κ1) is 13.3. The summed E-state index contributed by atoms with van der Waals surface area (Å²) in [6, 6.07) is 0.274. The standard InChI is InChI=1S/C12H20N4OS/c1-3-18-9-5-4-8(6-9)15-12(17)11-10(13)7-14-16(11)2/h7-9H,3-6,13H2,1-2H3,(H,15,17). The highest BCUT2D eigenvalue weighted by atomic mass is 32.2. The molecule has 1 aliphatic rings. The molecule has 1 saturated carbocycles. The van der Waals surface area contributed by atoms with E-state index in [2.05, 4.69) is 17.3 Å². The molecule has 1 amide bonds. The third-order valence-corrected chi connectivity index (χ3v) is 4.54. The molecule has 1 heterocycles. The minimum Gasteiger partial charge on any atom is -0.396 e. The molecular weight excluding hydrogens is 248 g/mol. The monoisotopic (exact) mass is 268 g/mol. The molecule has 100 valence electrons. The number of aromatic nitrogens is 2. The summed E-state index contributed by atoms with van der Waals surface area (Å²) in [6.45, 7) is 2.17. The number of nitrogens with one attached hydrogen (secondary N) is 1. The number of nitrogens with zero attached hydrogens (tertiary/aromatic N) is 2. The number of carbonyl (C=O) groups excluding carboxylic acids is 1. The van der Waals surface area contributed by atoms with Crippen molar-refractivity contribution in [2.75, 3.05) is 11.5 Å². The molecule has 0 bridgehead atoms. The average molecular weight is 268 g/mol. The van der Waals surface area contributed by atoms with Gasteiger partial charge in [0.1, 0.15) is 5.69 Å². The van der Waals surface area contributed by atoms with Gasteiger partial charge in [0.05, 0.1) is 11.9 Å². The first-order chi connectivity index (χ1) is 8.61. The van der Waals surface area contributed by atoms with Gasteiger partial charge in [0.2, 0.25) is 0 Å². The van der Waals surface area contributed by atoms with Crippen molar-refractivity contribution in [1.29, 1.82) is 0 Å². The molecule has 0 aliphatic heterocycles. The Morgan fingerprint density at radius 1 is 1.67 bits per heavy atom. The number of anilines is 1. The molecule has 0 aromatic carbocycles. The van der Waals surface area contributed by atoms with Gasteiger partial charge in [0.25, 0.3) is 5.91 Å². The summed E-state index contributed by atoms with van der Waals surface area (Å²) in [4.78, 5) is 12.1. The van der Waals surface area contributed by atoms with Gasteiger partial charge in [-0.1, -0.05) is 6.92 Å². The number of aryl methyl sites for hydroxylation is 1. The summed E-state index contributed by atoms with van der Waals surface area (Å²) in [6.07, 6.45) is 4.81. The number of nitrogens with two attached hydrogens (primary N) is 1. The van der Waals surface area contributed by atoms with Crippen LogP contribution in [0.15, 0.2) is 6.20 Å². The maximum absolute atomic E-state index is 12.1. The van der Waals surface area contributed by atoms with Gasteiger partial charge in [0.15, 0.2) is 0 Å². The van der Waals surface area contributed by atoms with Crippen molar-refractivity contribution in [3.05, 3.63) is 11.9 Å². The largest absolute Gasteiger partial charge is 0.396 e. The smallest absolute Gasteiger partial charge is 0.271 e. The molecular formula is C12H20N4OS. The summed E-state index contributed by atoms with van der Waals surface area (Å²) in [7, 11) is 1.73. The molecule has 1 aromatic heterocycles. The molecule has 0 saturated heterocycles. The normalized spacial score (nSPS) is 23.2. The second-order valence-corrected chi connectivity index (χ2v) is 6.21. The lowest BCUT2D eigenvalue weighted by Gasteiger charge is -2.13. The highest BCUT2D eigenvalue weighted by Gasteiger charge is 2.27. The van der Waals surface area contributed by atoms with Crippen molar-refractivity contribution >= 4 is 23.4 Å². The van der Waals surface area contributed by atoms with Crippen molar-refractivity contribution in [3.8, 4) is 0 Å². The number of amides is 1. The van der Waals surface area contributed by atoms with Crippen LogP contribution in [0.25, 0.3) is 0 Å². The molecule has 1 aromatic rings. The minimum atomic E-state index is -0.111. The van der Waals surface area contributed by atoms with Crippen LogP contribution in [0.1, 0.15) is 36.7 Å². The van der Waals surface area contributed by atoms with Crippen LogP contribution >= 0.6 is 11.8 Å².